The Labute approximate surface area is 135 Å². The summed E-state index contributed by atoms with van der Waals surface area (Å²) in [5.41, 5.74) is 0.670. The zero-order valence-electron chi connectivity index (χ0n) is 12.7. The van der Waals surface area contributed by atoms with E-state index in [1.165, 1.54) is 7.11 Å². The minimum atomic E-state index is -4.70. The number of carbonyl (C=O) groups excluding carboxylic acids is 1. The monoisotopic (exact) mass is 347 g/mol. The molecular weight excluding hydrogens is 331 g/mol. The van der Waals surface area contributed by atoms with Crippen LogP contribution in [0.25, 0.3) is 0 Å². The van der Waals surface area contributed by atoms with Crippen LogP contribution in [-0.4, -0.2) is 42.9 Å². The summed E-state index contributed by atoms with van der Waals surface area (Å²) in [6.07, 6.45) is -6.11. The highest BCUT2D eigenvalue weighted by molar-refractivity contribution is 5.85. The molecule has 2 N–H and O–H groups in total. The Morgan fingerprint density at radius 2 is 2.17 bits per heavy atom. The number of amides is 1. The third kappa shape index (κ3) is 4.53. The van der Waals surface area contributed by atoms with E-state index in [-0.39, 0.29) is 13.0 Å². The van der Waals surface area contributed by atoms with Gasteiger partial charge in [-0.25, -0.2) is 4.79 Å². The molecule has 24 heavy (non-hydrogen) atoms. The van der Waals surface area contributed by atoms with Gasteiger partial charge in [0.15, 0.2) is 0 Å². The van der Waals surface area contributed by atoms with E-state index in [0.29, 0.717) is 17.1 Å². The number of ether oxygens (including phenoxy) is 2. The minimum absolute atomic E-state index is 0.0382. The topological polar surface area (TPSA) is 84.9 Å². The van der Waals surface area contributed by atoms with Gasteiger partial charge in [-0.2, -0.15) is 13.2 Å². The van der Waals surface area contributed by atoms with E-state index >= 15 is 0 Å². The van der Waals surface area contributed by atoms with Crippen LogP contribution in [0.3, 0.4) is 0 Å². The van der Waals surface area contributed by atoms with Crippen LogP contribution in [0.5, 0.6) is 11.5 Å². The van der Waals surface area contributed by atoms with E-state index in [0.717, 1.165) is 0 Å². The highest BCUT2D eigenvalue weighted by atomic mass is 19.4. The van der Waals surface area contributed by atoms with Gasteiger partial charge in [-0.1, -0.05) is 0 Å². The second-order valence-electron chi connectivity index (χ2n) is 5.40. The van der Waals surface area contributed by atoms with Crippen LogP contribution in [0.15, 0.2) is 18.2 Å². The van der Waals surface area contributed by atoms with Gasteiger partial charge in [0.2, 0.25) is 5.91 Å². The highest BCUT2D eigenvalue weighted by Gasteiger charge is 2.37. The third-order valence-electron chi connectivity index (χ3n) is 3.59. The lowest BCUT2D eigenvalue weighted by atomic mass is 9.95. The molecule has 2 atom stereocenters. The van der Waals surface area contributed by atoms with Gasteiger partial charge < -0.3 is 19.9 Å². The Morgan fingerprint density at radius 3 is 2.75 bits per heavy atom. The largest absolute Gasteiger partial charge is 0.497 e. The quantitative estimate of drug-likeness (QED) is 0.848. The van der Waals surface area contributed by atoms with Crippen LogP contribution in [0.1, 0.15) is 12.0 Å². The molecule has 9 heteroatoms. The molecule has 6 nitrogen and oxygen atoms in total. The normalized spacial score (nSPS) is 18.1. The number of carbonyl (C=O) groups is 2. The summed E-state index contributed by atoms with van der Waals surface area (Å²) in [5, 5.41) is 10.8. The lowest BCUT2D eigenvalue weighted by Crippen LogP contribution is -2.47. The second kappa shape index (κ2) is 6.98. The zero-order valence-corrected chi connectivity index (χ0v) is 12.7. The number of methoxy groups -OCH3 is 1. The Morgan fingerprint density at radius 1 is 1.46 bits per heavy atom. The molecule has 2 rings (SSSR count). The van der Waals surface area contributed by atoms with E-state index in [1.54, 1.807) is 18.2 Å². The molecule has 2 unspecified atom stereocenters. The molecular formula is C15H16F3NO5. The zero-order chi connectivity index (χ0) is 17.9. The molecule has 0 spiro atoms. The summed E-state index contributed by atoms with van der Waals surface area (Å²) in [7, 11) is 1.48. The van der Waals surface area contributed by atoms with E-state index < -0.39 is 36.4 Å². The van der Waals surface area contributed by atoms with Gasteiger partial charge >= 0.3 is 12.1 Å². The van der Waals surface area contributed by atoms with Crippen molar-refractivity contribution in [3.63, 3.8) is 0 Å². The Balaban J connectivity index is 2.05. The molecule has 0 fully saturated rings. The number of halogens is 3. The van der Waals surface area contributed by atoms with Gasteiger partial charge in [-0.3, -0.25) is 4.79 Å². The van der Waals surface area contributed by atoms with Crippen LogP contribution in [0.4, 0.5) is 13.2 Å². The Bertz CT molecular complexity index is 632. The molecule has 0 aromatic heterocycles. The number of rotatable bonds is 5. The van der Waals surface area contributed by atoms with Crippen LogP contribution in [-0.2, 0) is 16.0 Å². The molecule has 1 heterocycles. The summed E-state index contributed by atoms with van der Waals surface area (Å²) >= 11 is 0. The number of hydrogen-bond donors (Lipinski definition) is 2. The first-order valence-corrected chi connectivity index (χ1v) is 7.09. The van der Waals surface area contributed by atoms with E-state index in [4.69, 9.17) is 14.6 Å². The van der Waals surface area contributed by atoms with Crippen molar-refractivity contribution >= 4 is 11.9 Å². The summed E-state index contributed by atoms with van der Waals surface area (Å²) in [6, 6.07) is 3.00. The van der Waals surface area contributed by atoms with Crippen LogP contribution in [0.2, 0.25) is 0 Å². The SMILES string of the molecule is COc1ccc2c(c1)CC(C(=O)NC(CC(F)(F)F)C(=O)O)CO2. The highest BCUT2D eigenvalue weighted by Crippen LogP contribution is 2.31. The van der Waals surface area contributed by atoms with Crippen LogP contribution < -0.4 is 14.8 Å². The molecule has 1 aliphatic rings. The first-order valence-electron chi connectivity index (χ1n) is 7.09. The van der Waals surface area contributed by atoms with Crippen molar-refractivity contribution in [1.82, 2.24) is 5.32 Å². The predicted molar refractivity (Wildman–Crippen MR) is 75.9 cm³/mol. The smallest absolute Gasteiger partial charge is 0.391 e. The number of nitrogens with one attached hydrogen (secondary N) is 1. The molecule has 1 aromatic rings. The molecule has 0 saturated carbocycles. The fraction of sp³-hybridized carbons (Fsp3) is 0.467. The molecule has 0 aliphatic carbocycles. The number of alkyl halides is 3. The van der Waals surface area contributed by atoms with E-state index in [9.17, 15) is 22.8 Å². The number of aliphatic carboxylic acids is 1. The van der Waals surface area contributed by atoms with E-state index in [2.05, 4.69) is 0 Å². The van der Waals surface area contributed by atoms with Gasteiger partial charge in [0, 0.05) is 0 Å². The number of benzene rings is 1. The average Bonchev–Trinajstić information content (AvgIpc) is 2.51. The molecule has 1 amide bonds. The number of fused-ring (bicyclic) bond motifs is 1. The van der Waals surface area contributed by atoms with Gasteiger partial charge in [-0.15, -0.1) is 0 Å². The lowest BCUT2D eigenvalue weighted by Gasteiger charge is -2.26. The lowest BCUT2D eigenvalue weighted by molar-refractivity contribution is -0.160. The third-order valence-corrected chi connectivity index (χ3v) is 3.59. The first-order chi connectivity index (χ1) is 11.2. The van der Waals surface area contributed by atoms with Crippen molar-refractivity contribution in [2.45, 2.75) is 25.1 Å². The Hall–Kier alpha value is -2.45. The fourth-order valence-corrected chi connectivity index (χ4v) is 2.39. The molecule has 1 aliphatic heterocycles. The van der Waals surface area contributed by atoms with Gasteiger partial charge in [0.25, 0.3) is 0 Å². The van der Waals surface area contributed by atoms with Crippen molar-refractivity contribution in [3.05, 3.63) is 23.8 Å². The molecule has 0 saturated heterocycles. The van der Waals surface area contributed by atoms with Gasteiger partial charge in [0.1, 0.15) is 24.1 Å². The maximum Gasteiger partial charge on any atom is 0.391 e. The van der Waals surface area contributed by atoms with E-state index in [1.807, 2.05) is 5.32 Å². The maximum absolute atomic E-state index is 12.4. The molecule has 1 aromatic carbocycles. The van der Waals surface area contributed by atoms with Crippen molar-refractivity contribution in [2.75, 3.05) is 13.7 Å². The van der Waals surface area contributed by atoms with Gasteiger partial charge in [0.05, 0.1) is 19.4 Å². The summed E-state index contributed by atoms with van der Waals surface area (Å²) in [6.45, 7) is -0.0382. The minimum Gasteiger partial charge on any atom is -0.497 e. The summed E-state index contributed by atoms with van der Waals surface area (Å²) < 4.78 is 47.6. The number of carboxylic acids is 1. The number of hydrogen-bond acceptors (Lipinski definition) is 4. The maximum atomic E-state index is 12.4. The second-order valence-corrected chi connectivity index (χ2v) is 5.40. The number of carboxylic acid groups (broad SMARTS) is 1. The van der Waals surface area contributed by atoms with Crippen molar-refractivity contribution in [1.29, 1.82) is 0 Å². The predicted octanol–water partition coefficient (Wildman–Crippen LogP) is 1.77. The van der Waals surface area contributed by atoms with Crippen molar-refractivity contribution in [3.8, 4) is 11.5 Å². The van der Waals surface area contributed by atoms with Crippen LogP contribution in [0, 0.1) is 5.92 Å². The fourth-order valence-electron chi connectivity index (χ4n) is 2.39. The molecule has 0 radical (unpaired) electrons. The first kappa shape index (κ1) is 17.9. The molecule has 0 bridgehead atoms. The van der Waals surface area contributed by atoms with Crippen molar-refractivity contribution in [2.24, 2.45) is 5.92 Å². The van der Waals surface area contributed by atoms with Crippen LogP contribution >= 0.6 is 0 Å². The standard InChI is InChI=1S/C15H16F3NO5/c1-23-10-2-3-12-8(5-10)4-9(7-24-12)13(20)19-11(14(21)22)6-15(16,17)18/h2-3,5,9,11H,4,6-7H2,1H3,(H,19,20)(H,21,22). The average molecular weight is 347 g/mol. The molecule has 132 valence electrons. The summed E-state index contributed by atoms with van der Waals surface area (Å²) in [5.74, 6) is -2.19. The Kier molecular flexibility index (Phi) is 5.20. The summed E-state index contributed by atoms with van der Waals surface area (Å²) in [4.78, 5) is 23.0. The van der Waals surface area contributed by atoms with Gasteiger partial charge in [-0.05, 0) is 30.2 Å². The van der Waals surface area contributed by atoms with Crippen molar-refractivity contribution < 1.29 is 37.3 Å².